The summed E-state index contributed by atoms with van der Waals surface area (Å²) in [6, 6.07) is 7.58. The average Bonchev–Trinajstić information content (AvgIpc) is 3.02. The summed E-state index contributed by atoms with van der Waals surface area (Å²) in [5, 5.41) is 4.80. The summed E-state index contributed by atoms with van der Waals surface area (Å²) < 4.78 is 11.9. The number of carbonyl (C=O) groups excluding carboxylic acids is 2. The van der Waals surface area contributed by atoms with Crippen LogP contribution in [0.3, 0.4) is 0 Å². The third-order valence-corrected chi connectivity index (χ3v) is 5.34. The first-order chi connectivity index (χ1) is 12.1. The van der Waals surface area contributed by atoms with Crippen LogP contribution in [0.25, 0.3) is 0 Å². The lowest BCUT2D eigenvalue weighted by atomic mass is 10.0. The Kier molecular flexibility index (Phi) is 6.09. The maximum atomic E-state index is 11.7. The zero-order chi connectivity index (χ0) is 17.6. The minimum atomic E-state index is -0.223. The van der Waals surface area contributed by atoms with Gasteiger partial charge in [-0.2, -0.15) is 0 Å². The van der Waals surface area contributed by atoms with E-state index in [9.17, 15) is 9.59 Å². The number of halogens is 1. The first kappa shape index (κ1) is 17.9. The summed E-state index contributed by atoms with van der Waals surface area (Å²) in [6.45, 7) is 0.753. The Hall–Kier alpha value is -1.86. The Labute approximate surface area is 158 Å². The van der Waals surface area contributed by atoms with Gasteiger partial charge in [0.25, 0.3) is 0 Å². The van der Waals surface area contributed by atoms with Crippen molar-refractivity contribution in [2.24, 2.45) is 0 Å². The number of amides is 1. The van der Waals surface area contributed by atoms with Gasteiger partial charge in [0.05, 0.1) is 10.4 Å². The molecule has 0 spiro atoms. The van der Waals surface area contributed by atoms with E-state index in [1.54, 1.807) is 11.3 Å². The molecule has 1 aromatic heterocycles. The molecule has 1 aliphatic rings. The molecule has 132 valence electrons. The highest BCUT2D eigenvalue weighted by Crippen LogP contribution is 2.27. The molecule has 0 radical (unpaired) electrons. The lowest BCUT2D eigenvalue weighted by Crippen LogP contribution is -2.18. The monoisotopic (exact) mass is 423 g/mol. The zero-order valence-electron chi connectivity index (χ0n) is 13.5. The Balaban J connectivity index is 1.37. The standard InChI is InChI=1S/C18H18BrNO4S/c19-16-8-12(11-25-16)10-24-18(22)2-1-7-23-14-4-5-15-13(9-14)3-6-17(21)20-15/h4-5,8-9,11H,1-3,6-7,10H2,(H,20,21). The number of nitrogens with one attached hydrogen (secondary N) is 1. The van der Waals surface area contributed by atoms with E-state index in [0.717, 1.165) is 32.8 Å². The summed E-state index contributed by atoms with van der Waals surface area (Å²) in [5.74, 6) is 0.583. The second-order valence-electron chi connectivity index (χ2n) is 5.74. The number of carbonyl (C=O) groups is 2. The highest BCUT2D eigenvalue weighted by molar-refractivity contribution is 9.11. The first-order valence-electron chi connectivity index (χ1n) is 8.04. The Morgan fingerprint density at radius 2 is 2.16 bits per heavy atom. The molecular weight excluding hydrogens is 406 g/mol. The number of anilines is 1. The van der Waals surface area contributed by atoms with Gasteiger partial charge < -0.3 is 14.8 Å². The summed E-state index contributed by atoms with van der Waals surface area (Å²) in [7, 11) is 0. The van der Waals surface area contributed by atoms with Gasteiger partial charge in [0.2, 0.25) is 5.91 Å². The molecule has 1 aromatic carbocycles. The SMILES string of the molecule is O=C1CCc2cc(OCCCC(=O)OCc3csc(Br)c3)ccc2N1. The third-order valence-electron chi connectivity index (χ3n) is 3.79. The van der Waals surface area contributed by atoms with Gasteiger partial charge in [-0.15, -0.1) is 11.3 Å². The minimum absolute atomic E-state index is 0.0505. The average molecular weight is 424 g/mol. The third kappa shape index (κ3) is 5.31. The number of esters is 1. The van der Waals surface area contributed by atoms with Crippen LogP contribution in [0.15, 0.2) is 33.4 Å². The van der Waals surface area contributed by atoms with Crippen LogP contribution in [0, 0.1) is 0 Å². The predicted molar refractivity (Wildman–Crippen MR) is 99.9 cm³/mol. The largest absolute Gasteiger partial charge is 0.494 e. The van der Waals surface area contributed by atoms with Crippen LogP contribution in [0.1, 0.15) is 30.4 Å². The van der Waals surface area contributed by atoms with Gasteiger partial charge in [-0.3, -0.25) is 9.59 Å². The summed E-state index contributed by atoms with van der Waals surface area (Å²) in [5.41, 5.74) is 2.92. The zero-order valence-corrected chi connectivity index (χ0v) is 16.0. The number of rotatable bonds is 7. The molecule has 5 nitrogen and oxygen atoms in total. The number of benzene rings is 1. The number of thiophene rings is 1. The second kappa shape index (κ2) is 8.49. The van der Waals surface area contributed by atoms with Crippen LogP contribution in [0.2, 0.25) is 0 Å². The van der Waals surface area contributed by atoms with E-state index in [1.165, 1.54) is 0 Å². The van der Waals surface area contributed by atoms with Gasteiger partial charge in [0.15, 0.2) is 0 Å². The molecule has 1 amide bonds. The highest BCUT2D eigenvalue weighted by atomic mass is 79.9. The molecule has 3 rings (SSSR count). The van der Waals surface area contributed by atoms with Crippen LogP contribution < -0.4 is 10.1 Å². The molecule has 2 heterocycles. The fourth-order valence-electron chi connectivity index (χ4n) is 2.51. The smallest absolute Gasteiger partial charge is 0.306 e. The van der Waals surface area contributed by atoms with Gasteiger partial charge in [-0.1, -0.05) is 0 Å². The lowest BCUT2D eigenvalue weighted by Gasteiger charge is -2.17. The van der Waals surface area contributed by atoms with E-state index in [1.807, 2.05) is 29.6 Å². The van der Waals surface area contributed by atoms with E-state index in [0.29, 0.717) is 32.5 Å². The van der Waals surface area contributed by atoms with Crippen molar-refractivity contribution in [2.75, 3.05) is 11.9 Å². The van der Waals surface area contributed by atoms with Crippen LogP contribution in [0.4, 0.5) is 5.69 Å². The summed E-state index contributed by atoms with van der Waals surface area (Å²) in [6.07, 6.45) is 2.15. The minimum Gasteiger partial charge on any atom is -0.494 e. The van der Waals surface area contributed by atoms with Crippen LogP contribution in [-0.2, 0) is 27.4 Å². The number of hydrogen-bond donors (Lipinski definition) is 1. The molecule has 0 atom stereocenters. The molecule has 0 saturated heterocycles. The molecule has 0 bridgehead atoms. The van der Waals surface area contributed by atoms with Gasteiger partial charge in [-0.25, -0.2) is 0 Å². The van der Waals surface area contributed by atoms with Crippen molar-refractivity contribution < 1.29 is 19.1 Å². The van der Waals surface area contributed by atoms with Crippen molar-refractivity contribution in [1.29, 1.82) is 0 Å². The molecule has 0 saturated carbocycles. The molecular formula is C18H18BrNO4S. The van der Waals surface area contributed by atoms with Gasteiger partial charge in [-0.05, 0) is 64.0 Å². The van der Waals surface area contributed by atoms with Crippen molar-refractivity contribution in [3.8, 4) is 5.75 Å². The van der Waals surface area contributed by atoms with E-state index < -0.39 is 0 Å². The molecule has 0 aliphatic carbocycles. The Morgan fingerprint density at radius 3 is 2.96 bits per heavy atom. The van der Waals surface area contributed by atoms with Gasteiger partial charge in [0, 0.05) is 24.1 Å². The van der Waals surface area contributed by atoms with E-state index in [-0.39, 0.29) is 11.9 Å². The molecule has 0 unspecified atom stereocenters. The van der Waals surface area contributed by atoms with Gasteiger partial charge in [0.1, 0.15) is 12.4 Å². The van der Waals surface area contributed by atoms with Crippen LogP contribution in [0.5, 0.6) is 5.75 Å². The fourth-order valence-corrected chi connectivity index (χ4v) is 3.71. The summed E-state index contributed by atoms with van der Waals surface area (Å²) >= 11 is 4.95. The van der Waals surface area contributed by atoms with Gasteiger partial charge >= 0.3 is 5.97 Å². The first-order valence-corrected chi connectivity index (χ1v) is 9.71. The maximum absolute atomic E-state index is 11.7. The van der Waals surface area contributed by atoms with Crippen molar-refractivity contribution in [3.63, 3.8) is 0 Å². The normalized spacial score (nSPS) is 13.1. The topological polar surface area (TPSA) is 64.6 Å². The van der Waals surface area contributed by atoms with Crippen molar-refractivity contribution in [3.05, 3.63) is 44.6 Å². The van der Waals surface area contributed by atoms with Crippen molar-refractivity contribution in [2.45, 2.75) is 32.3 Å². The highest BCUT2D eigenvalue weighted by Gasteiger charge is 2.15. The van der Waals surface area contributed by atoms with E-state index in [4.69, 9.17) is 9.47 Å². The maximum Gasteiger partial charge on any atom is 0.306 e. The summed E-state index contributed by atoms with van der Waals surface area (Å²) in [4.78, 5) is 23.1. The van der Waals surface area contributed by atoms with Crippen LogP contribution >= 0.6 is 27.3 Å². The second-order valence-corrected chi connectivity index (χ2v) is 8.03. The molecule has 1 aliphatic heterocycles. The van der Waals surface area contributed by atoms with Crippen molar-refractivity contribution in [1.82, 2.24) is 0 Å². The number of fused-ring (bicyclic) bond motifs is 1. The van der Waals surface area contributed by atoms with Crippen LogP contribution in [-0.4, -0.2) is 18.5 Å². The molecule has 2 aromatic rings. The molecule has 0 fully saturated rings. The van der Waals surface area contributed by atoms with E-state index >= 15 is 0 Å². The quantitative estimate of drug-likeness (QED) is 0.532. The Bertz CT molecular complexity index is 774. The number of ether oxygens (including phenoxy) is 2. The number of aryl methyl sites for hydroxylation is 1. The lowest BCUT2D eigenvalue weighted by molar-refractivity contribution is -0.145. The molecule has 7 heteroatoms. The van der Waals surface area contributed by atoms with E-state index in [2.05, 4.69) is 21.2 Å². The molecule has 1 N–H and O–H groups in total. The molecule has 25 heavy (non-hydrogen) atoms. The number of hydrogen-bond acceptors (Lipinski definition) is 5. The predicted octanol–water partition coefficient (Wildman–Crippen LogP) is 4.30. The Morgan fingerprint density at radius 1 is 1.28 bits per heavy atom. The van der Waals surface area contributed by atoms with Crippen molar-refractivity contribution >= 4 is 44.8 Å². The fraction of sp³-hybridized carbons (Fsp3) is 0.333.